The minimum atomic E-state index is -0.763. The van der Waals surface area contributed by atoms with Gasteiger partial charge in [-0.1, -0.05) is 0 Å². The van der Waals surface area contributed by atoms with Crippen LogP contribution in [0.2, 0.25) is 5.22 Å². The number of nitrogens with one attached hydrogen (secondary N) is 1. The van der Waals surface area contributed by atoms with Gasteiger partial charge in [0.25, 0.3) is 5.91 Å². The molecule has 1 atom stereocenters. The van der Waals surface area contributed by atoms with Crippen molar-refractivity contribution in [3.8, 4) is 0 Å². The van der Waals surface area contributed by atoms with Gasteiger partial charge in [0.2, 0.25) is 0 Å². The maximum absolute atomic E-state index is 11.7. The number of halogens is 1. The van der Waals surface area contributed by atoms with Gasteiger partial charge in [-0.05, 0) is 51.4 Å². The molecule has 100 valence electrons. The predicted molar refractivity (Wildman–Crippen MR) is 66.5 cm³/mol. The molecule has 0 spiro atoms. The SMILES string of the molecule is C[C@H](NC(=O)c1ccc(Cl)o1)C(=O)OC(C)(C)C. The van der Waals surface area contributed by atoms with Crippen molar-refractivity contribution in [2.45, 2.75) is 39.3 Å². The van der Waals surface area contributed by atoms with Crippen LogP contribution in [0, 0.1) is 0 Å². The molecule has 0 aliphatic rings. The average Bonchev–Trinajstić information content (AvgIpc) is 2.62. The Morgan fingerprint density at radius 1 is 1.39 bits per heavy atom. The smallest absolute Gasteiger partial charge is 0.328 e. The first-order chi connectivity index (χ1) is 8.19. The van der Waals surface area contributed by atoms with E-state index in [-0.39, 0.29) is 11.0 Å². The van der Waals surface area contributed by atoms with Crippen molar-refractivity contribution >= 4 is 23.5 Å². The molecule has 0 aliphatic carbocycles. The normalized spacial score (nSPS) is 12.9. The summed E-state index contributed by atoms with van der Waals surface area (Å²) < 4.78 is 10.1. The average molecular weight is 274 g/mol. The monoisotopic (exact) mass is 273 g/mol. The Labute approximate surface area is 110 Å². The van der Waals surface area contributed by atoms with Crippen molar-refractivity contribution in [3.63, 3.8) is 0 Å². The number of furan rings is 1. The van der Waals surface area contributed by atoms with Crippen LogP contribution in [-0.2, 0) is 9.53 Å². The second kappa shape index (κ2) is 5.44. The lowest BCUT2D eigenvalue weighted by Crippen LogP contribution is -2.42. The molecular formula is C12H16ClNO4. The minimum absolute atomic E-state index is 0.0513. The summed E-state index contributed by atoms with van der Waals surface area (Å²) in [5.74, 6) is -0.968. The van der Waals surface area contributed by atoms with Gasteiger partial charge in [-0.15, -0.1) is 0 Å². The number of rotatable bonds is 3. The van der Waals surface area contributed by atoms with Gasteiger partial charge in [0.05, 0.1) is 0 Å². The van der Waals surface area contributed by atoms with Crippen LogP contribution in [-0.4, -0.2) is 23.5 Å². The zero-order chi connectivity index (χ0) is 13.9. The van der Waals surface area contributed by atoms with Crippen LogP contribution in [0.5, 0.6) is 0 Å². The van der Waals surface area contributed by atoms with Gasteiger partial charge in [-0.2, -0.15) is 0 Å². The van der Waals surface area contributed by atoms with Gasteiger partial charge < -0.3 is 14.5 Å². The van der Waals surface area contributed by atoms with Crippen LogP contribution in [0.3, 0.4) is 0 Å². The van der Waals surface area contributed by atoms with Gasteiger partial charge in [0.15, 0.2) is 11.0 Å². The van der Waals surface area contributed by atoms with E-state index in [1.54, 1.807) is 20.8 Å². The number of esters is 1. The molecule has 0 unspecified atom stereocenters. The van der Waals surface area contributed by atoms with Crippen LogP contribution < -0.4 is 5.32 Å². The summed E-state index contributed by atoms with van der Waals surface area (Å²) in [4.78, 5) is 23.3. The van der Waals surface area contributed by atoms with Gasteiger partial charge >= 0.3 is 5.97 Å². The number of carbonyl (C=O) groups is 2. The molecular weight excluding hydrogens is 258 g/mol. The van der Waals surface area contributed by atoms with E-state index in [0.717, 1.165) is 0 Å². The number of amides is 1. The van der Waals surface area contributed by atoms with E-state index in [4.69, 9.17) is 20.8 Å². The van der Waals surface area contributed by atoms with Crippen LogP contribution in [0.15, 0.2) is 16.5 Å². The minimum Gasteiger partial charge on any atom is -0.458 e. The molecule has 1 N–H and O–H groups in total. The van der Waals surface area contributed by atoms with Crippen molar-refractivity contribution in [2.24, 2.45) is 0 Å². The maximum atomic E-state index is 11.7. The zero-order valence-electron chi connectivity index (χ0n) is 10.7. The highest BCUT2D eigenvalue weighted by atomic mass is 35.5. The molecule has 6 heteroatoms. The molecule has 0 radical (unpaired) electrons. The summed E-state index contributed by atoms with van der Waals surface area (Å²) in [5.41, 5.74) is -0.593. The third-order valence-electron chi connectivity index (χ3n) is 1.90. The van der Waals surface area contributed by atoms with Crippen molar-refractivity contribution in [1.29, 1.82) is 0 Å². The molecule has 0 saturated carbocycles. The van der Waals surface area contributed by atoms with E-state index in [2.05, 4.69) is 5.32 Å². The van der Waals surface area contributed by atoms with Crippen molar-refractivity contribution in [3.05, 3.63) is 23.1 Å². The van der Waals surface area contributed by atoms with E-state index < -0.39 is 23.5 Å². The first kappa shape index (κ1) is 14.6. The number of carbonyl (C=O) groups excluding carboxylic acids is 2. The fourth-order valence-electron chi connectivity index (χ4n) is 1.15. The number of hydrogen-bond acceptors (Lipinski definition) is 4. The fourth-order valence-corrected chi connectivity index (χ4v) is 1.30. The zero-order valence-corrected chi connectivity index (χ0v) is 11.5. The molecule has 0 aliphatic heterocycles. The number of hydrogen-bond donors (Lipinski definition) is 1. The maximum Gasteiger partial charge on any atom is 0.328 e. The van der Waals surface area contributed by atoms with Crippen molar-refractivity contribution in [2.75, 3.05) is 0 Å². The number of ether oxygens (including phenoxy) is 1. The Balaban J connectivity index is 2.57. The first-order valence-electron chi connectivity index (χ1n) is 5.48. The molecule has 1 amide bonds. The highest BCUT2D eigenvalue weighted by molar-refractivity contribution is 6.29. The fraction of sp³-hybridized carbons (Fsp3) is 0.500. The standard InChI is InChI=1S/C12H16ClNO4/c1-7(11(16)18-12(2,3)4)14-10(15)8-5-6-9(13)17-8/h5-7H,1-4H3,(H,14,15)/t7-/m0/s1. The summed E-state index contributed by atoms with van der Waals surface area (Å²) in [6, 6.07) is 2.12. The Kier molecular flexibility index (Phi) is 4.40. The summed E-state index contributed by atoms with van der Waals surface area (Å²) in [6.45, 7) is 6.81. The van der Waals surface area contributed by atoms with E-state index in [9.17, 15) is 9.59 Å². The lowest BCUT2D eigenvalue weighted by atomic mass is 10.2. The lowest BCUT2D eigenvalue weighted by molar-refractivity contribution is -0.156. The Morgan fingerprint density at radius 2 is 2.00 bits per heavy atom. The molecule has 5 nitrogen and oxygen atoms in total. The summed E-state index contributed by atoms with van der Waals surface area (Å²) >= 11 is 5.55. The van der Waals surface area contributed by atoms with E-state index >= 15 is 0 Å². The van der Waals surface area contributed by atoms with Gasteiger partial charge in [0, 0.05) is 0 Å². The molecule has 1 rings (SSSR count). The third kappa shape index (κ3) is 4.41. The molecule has 18 heavy (non-hydrogen) atoms. The van der Waals surface area contributed by atoms with E-state index in [1.165, 1.54) is 19.1 Å². The topological polar surface area (TPSA) is 68.5 Å². The highest BCUT2D eigenvalue weighted by Gasteiger charge is 2.24. The Hall–Kier alpha value is -1.49. The molecule has 0 fully saturated rings. The Morgan fingerprint density at radius 3 is 2.44 bits per heavy atom. The Bertz CT molecular complexity index is 447. The quantitative estimate of drug-likeness (QED) is 0.859. The molecule has 0 bridgehead atoms. The van der Waals surface area contributed by atoms with Gasteiger partial charge in [-0.3, -0.25) is 4.79 Å². The van der Waals surface area contributed by atoms with Crippen LogP contribution >= 0.6 is 11.6 Å². The van der Waals surface area contributed by atoms with Gasteiger partial charge in [0.1, 0.15) is 11.6 Å². The van der Waals surface area contributed by atoms with Crippen molar-refractivity contribution in [1.82, 2.24) is 5.32 Å². The lowest BCUT2D eigenvalue weighted by Gasteiger charge is -2.22. The van der Waals surface area contributed by atoms with E-state index in [1.807, 2.05) is 0 Å². The van der Waals surface area contributed by atoms with Crippen molar-refractivity contribution < 1.29 is 18.7 Å². The molecule has 1 aromatic rings. The van der Waals surface area contributed by atoms with E-state index in [0.29, 0.717) is 0 Å². The summed E-state index contributed by atoms with van der Waals surface area (Å²) in [7, 11) is 0. The molecule has 1 aromatic heterocycles. The van der Waals surface area contributed by atoms with Crippen LogP contribution in [0.4, 0.5) is 0 Å². The largest absolute Gasteiger partial charge is 0.458 e. The third-order valence-corrected chi connectivity index (χ3v) is 2.11. The summed E-state index contributed by atoms with van der Waals surface area (Å²) in [6.07, 6.45) is 0. The van der Waals surface area contributed by atoms with Gasteiger partial charge in [-0.25, -0.2) is 4.79 Å². The molecule has 1 heterocycles. The predicted octanol–water partition coefficient (Wildman–Crippen LogP) is 2.39. The summed E-state index contributed by atoms with van der Waals surface area (Å²) in [5, 5.41) is 2.58. The van der Waals surface area contributed by atoms with Crippen LogP contribution in [0.25, 0.3) is 0 Å². The second-order valence-electron chi connectivity index (χ2n) is 4.83. The second-order valence-corrected chi connectivity index (χ2v) is 5.20. The first-order valence-corrected chi connectivity index (χ1v) is 5.86. The molecule has 0 saturated heterocycles. The van der Waals surface area contributed by atoms with Crippen LogP contribution in [0.1, 0.15) is 38.2 Å². The highest BCUT2D eigenvalue weighted by Crippen LogP contribution is 2.13. The molecule has 0 aromatic carbocycles.